The summed E-state index contributed by atoms with van der Waals surface area (Å²) < 4.78 is 42.7. The fourth-order valence-electron chi connectivity index (χ4n) is 1.56. The molecule has 2 aromatic rings. The van der Waals surface area contributed by atoms with Gasteiger partial charge < -0.3 is 10.5 Å². The maximum atomic E-state index is 12.6. The van der Waals surface area contributed by atoms with E-state index < -0.39 is 11.9 Å². The predicted octanol–water partition coefficient (Wildman–Crippen LogP) is 3.50. The number of hydrogen-bond donors (Lipinski definition) is 1. The molecule has 0 aliphatic carbocycles. The van der Waals surface area contributed by atoms with E-state index >= 15 is 0 Å². The highest BCUT2D eigenvalue weighted by Crippen LogP contribution is 2.35. The monoisotopic (exact) mass is 276 g/mol. The minimum Gasteiger partial charge on any atom is -0.495 e. The molecule has 3 nitrogen and oxygen atoms in total. The largest absolute Gasteiger partial charge is 0.495 e. The first-order valence-corrected chi connectivity index (χ1v) is 5.21. The molecular formula is C11H8ClF3N2O. The number of benzene rings is 1. The molecule has 1 heterocycles. The van der Waals surface area contributed by atoms with Crippen LogP contribution < -0.4 is 10.5 Å². The van der Waals surface area contributed by atoms with Crippen molar-refractivity contribution >= 4 is 28.2 Å². The quantitative estimate of drug-likeness (QED) is 0.867. The van der Waals surface area contributed by atoms with Crippen LogP contribution in [0.25, 0.3) is 10.9 Å². The van der Waals surface area contributed by atoms with Crippen LogP contribution in [0.4, 0.5) is 18.9 Å². The average Bonchev–Trinajstić information content (AvgIpc) is 2.28. The standard InChI is InChI=1S/C11H8ClF3N2O/c1-18-9-4-8-5(2-6(9)12)7(16)3-10(17-8)11(13,14)15/h2-4H,1H3,(H2,16,17). The van der Waals surface area contributed by atoms with Gasteiger partial charge >= 0.3 is 6.18 Å². The average molecular weight is 277 g/mol. The van der Waals surface area contributed by atoms with Gasteiger partial charge in [0.15, 0.2) is 0 Å². The van der Waals surface area contributed by atoms with Gasteiger partial charge in [0.1, 0.15) is 11.4 Å². The lowest BCUT2D eigenvalue weighted by atomic mass is 10.1. The molecule has 18 heavy (non-hydrogen) atoms. The molecule has 0 saturated heterocycles. The van der Waals surface area contributed by atoms with Gasteiger partial charge in [0.05, 0.1) is 17.6 Å². The van der Waals surface area contributed by atoms with Crippen LogP contribution in [0.2, 0.25) is 5.02 Å². The number of nitrogen functional groups attached to an aromatic ring is 1. The minimum atomic E-state index is -4.55. The van der Waals surface area contributed by atoms with E-state index in [1.807, 2.05) is 0 Å². The summed E-state index contributed by atoms with van der Waals surface area (Å²) in [6.45, 7) is 0. The molecule has 1 aromatic heterocycles. The lowest BCUT2D eigenvalue weighted by Gasteiger charge is -2.11. The number of pyridine rings is 1. The molecule has 0 bridgehead atoms. The Labute approximate surface area is 105 Å². The Bertz CT molecular complexity index is 613. The second kappa shape index (κ2) is 4.20. The number of ether oxygens (including phenoxy) is 1. The molecule has 1 aromatic carbocycles. The molecular weight excluding hydrogens is 269 g/mol. The van der Waals surface area contributed by atoms with Crippen molar-refractivity contribution in [1.29, 1.82) is 0 Å². The summed E-state index contributed by atoms with van der Waals surface area (Å²) in [5, 5.41) is 0.618. The van der Waals surface area contributed by atoms with Crippen LogP contribution in [0.15, 0.2) is 18.2 Å². The van der Waals surface area contributed by atoms with Gasteiger partial charge in [-0.3, -0.25) is 0 Å². The molecule has 7 heteroatoms. The molecule has 0 atom stereocenters. The van der Waals surface area contributed by atoms with Crippen molar-refractivity contribution in [1.82, 2.24) is 4.98 Å². The van der Waals surface area contributed by atoms with E-state index in [-0.39, 0.29) is 22.0 Å². The fourth-order valence-corrected chi connectivity index (χ4v) is 1.80. The third-order valence-electron chi connectivity index (χ3n) is 2.40. The number of nitrogens with two attached hydrogens (primary N) is 1. The third-order valence-corrected chi connectivity index (χ3v) is 2.70. The maximum Gasteiger partial charge on any atom is 0.433 e. The predicted molar refractivity (Wildman–Crippen MR) is 62.7 cm³/mol. The Hall–Kier alpha value is -1.69. The lowest BCUT2D eigenvalue weighted by molar-refractivity contribution is -0.140. The van der Waals surface area contributed by atoms with E-state index in [2.05, 4.69) is 4.98 Å². The zero-order chi connectivity index (χ0) is 13.5. The smallest absolute Gasteiger partial charge is 0.433 e. The summed E-state index contributed by atoms with van der Waals surface area (Å²) in [5.74, 6) is 0.246. The third kappa shape index (κ3) is 2.15. The Kier molecular flexibility index (Phi) is 2.98. The van der Waals surface area contributed by atoms with E-state index in [1.54, 1.807) is 0 Å². The first-order chi connectivity index (χ1) is 8.32. The summed E-state index contributed by atoms with van der Waals surface area (Å²) in [7, 11) is 1.37. The van der Waals surface area contributed by atoms with Crippen LogP contribution in [-0.2, 0) is 6.18 Å². The molecule has 0 spiro atoms. The second-order valence-electron chi connectivity index (χ2n) is 3.60. The summed E-state index contributed by atoms with van der Waals surface area (Å²) >= 11 is 5.87. The highest BCUT2D eigenvalue weighted by molar-refractivity contribution is 6.33. The SMILES string of the molecule is COc1cc2nc(C(F)(F)F)cc(N)c2cc1Cl. The van der Waals surface area contributed by atoms with E-state index in [9.17, 15) is 13.2 Å². The molecule has 0 saturated carbocycles. The highest BCUT2D eigenvalue weighted by Gasteiger charge is 2.33. The highest BCUT2D eigenvalue weighted by atomic mass is 35.5. The first kappa shape index (κ1) is 12.8. The van der Waals surface area contributed by atoms with Crippen LogP contribution in [-0.4, -0.2) is 12.1 Å². The Morgan fingerprint density at radius 1 is 1.28 bits per heavy atom. The number of nitrogens with zero attached hydrogens (tertiary/aromatic N) is 1. The number of rotatable bonds is 1. The van der Waals surface area contributed by atoms with Crippen molar-refractivity contribution < 1.29 is 17.9 Å². The number of halogens is 4. The minimum absolute atomic E-state index is 0.0307. The molecule has 0 aliphatic rings. The Morgan fingerprint density at radius 2 is 1.94 bits per heavy atom. The molecule has 0 aliphatic heterocycles. The van der Waals surface area contributed by atoms with E-state index in [0.717, 1.165) is 6.07 Å². The number of aromatic nitrogens is 1. The normalized spacial score (nSPS) is 11.8. The zero-order valence-electron chi connectivity index (χ0n) is 9.18. The Morgan fingerprint density at radius 3 is 2.50 bits per heavy atom. The number of hydrogen-bond acceptors (Lipinski definition) is 3. The molecule has 0 radical (unpaired) electrons. The van der Waals surface area contributed by atoms with Gasteiger partial charge in [0, 0.05) is 17.1 Å². The number of alkyl halides is 3. The van der Waals surface area contributed by atoms with Gasteiger partial charge in [0.25, 0.3) is 0 Å². The van der Waals surface area contributed by atoms with Gasteiger partial charge in [-0.15, -0.1) is 0 Å². The van der Waals surface area contributed by atoms with Gasteiger partial charge in [-0.2, -0.15) is 13.2 Å². The summed E-state index contributed by atoms with van der Waals surface area (Å²) in [6.07, 6.45) is -4.55. The lowest BCUT2D eigenvalue weighted by Crippen LogP contribution is -2.09. The van der Waals surface area contributed by atoms with Gasteiger partial charge in [-0.1, -0.05) is 11.6 Å². The summed E-state index contributed by atoms with van der Waals surface area (Å²) in [4.78, 5) is 3.51. The topological polar surface area (TPSA) is 48.1 Å². The van der Waals surface area contributed by atoms with E-state index in [0.29, 0.717) is 5.39 Å². The van der Waals surface area contributed by atoms with E-state index in [4.69, 9.17) is 22.1 Å². The van der Waals surface area contributed by atoms with Crippen LogP contribution in [0.5, 0.6) is 5.75 Å². The molecule has 96 valence electrons. The first-order valence-electron chi connectivity index (χ1n) is 4.84. The zero-order valence-corrected chi connectivity index (χ0v) is 9.93. The van der Waals surface area contributed by atoms with E-state index in [1.165, 1.54) is 19.2 Å². The van der Waals surface area contributed by atoms with Crippen molar-refractivity contribution in [3.8, 4) is 5.75 Å². The summed E-state index contributed by atoms with van der Waals surface area (Å²) in [5.41, 5.74) is 4.59. The van der Waals surface area contributed by atoms with Crippen molar-refractivity contribution in [3.63, 3.8) is 0 Å². The fraction of sp³-hybridized carbons (Fsp3) is 0.182. The molecule has 2 N–H and O–H groups in total. The molecule has 0 unspecified atom stereocenters. The molecule has 0 amide bonds. The second-order valence-corrected chi connectivity index (χ2v) is 4.01. The van der Waals surface area contributed by atoms with Crippen LogP contribution in [0.1, 0.15) is 5.69 Å². The molecule has 2 rings (SSSR count). The van der Waals surface area contributed by atoms with Gasteiger partial charge in [-0.05, 0) is 12.1 Å². The number of methoxy groups -OCH3 is 1. The van der Waals surface area contributed by atoms with Gasteiger partial charge in [-0.25, -0.2) is 4.98 Å². The maximum absolute atomic E-state index is 12.6. The number of fused-ring (bicyclic) bond motifs is 1. The van der Waals surface area contributed by atoms with Crippen molar-refractivity contribution in [3.05, 3.63) is 28.9 Å². The van der Waals surface area contributed by atoms with Crippen molar-refractivity contribution in [2.75, 3.05) is 12.8 Å². The molecule has 0 fully saturated rings. The van der Waals surface area contributed by atoms with Crippen LogP contribution >= 0.6 is 11.6 Å². The van der Waals surface area contributed by atoms with Crippen LogP contribution in [0, 0.1) is 0 Å². The Balaban J connectivity index is 2.75. The number of anilines is 1. The summed E-state index contributed by atoms with van der Waals surface area (Å²) in [6, 6.07) is 3.53. The van der Waals surface area contributed by atoms with Crippen molar-refractivity contribution in [2.24, 2.45) is 0 Å². The van der Waals surface area contributed by atoms with Crippen molar-refractivity contribution in [2.45, 2.75) is 6.18 Å². The van der Waals surface area contributed by atoms with Crippen LogP contribution in [0.3, 0.4) is 0 Å². The van der Waals surface area contributed by atoms with Gasteiger partial charge in [0.2, 0.25) is 0 Å².